The summed E-state index contributed by atoms with van der Waals surface area (Å²) >= 11 is 6.28. The summed E-state index contributed by atoms with van der Waals surface area (Å²) in [5.41, 5.74) is 2.14. The van der Waals surface area contributed by atoms with Crippen LogP contribution < -0.4 is 15.5 Å². The standard InChI is InChI=1S/C20H23ClN8.HI/c1-22-20(25-11-15-4-6-17(7-5-15)29-14-23-13-26-29)27-16-8-10-28(12-16)19-18(21)3-2-9-24-19;/h2-7,9,13-14,16H,8,10-12H2,1H3,(H2,22,25,27);1H. The third kappa shape index (κ3) is 5.39. The highest BCUT2D eigenvalue weighted by Gasteiger charge is 2.25. The maximum atomic E-state index is 6.28. The van der Waals surface area contributed by atoms with Crippen LogP contribution in [0.2, 0.25) is 5.02 Å². The Balaban J connectivity index is 0.00000256. The zero-order valence-electron chi connectivity index (χ0n) is 16.6. The van der Waals surface area contributed by atoms with Crippen LogP contribution in [-0.2, 0) is 6.54 Å². The summed E-state index contributed by atoms with van der Waals surface area (Å²) in [6, 6.07) is 12.2. The van der Waals surface area contributed by atoms with Crippen molar-refractivity contribution in [1.29, 1.82) is 0 Å². The van der Waals surface area contributed by atoms with Crippen molar-refractivity contribution >= 4 is 47.4 Å². The van der Waals surface area contributed by atoms with E-state index in [1.165, 1.54) is 6.33 Å². The molecule has 1 saturated heterocycles. The number of aromatic nitrogens is 4. The Morgan fingerprint density at radius 3 is 2.80 bits per heavy atom. The first-order valence-electron chi connectivity index (χ1n) is 9.49. The molecule has 0 radical (unpaired) electrons. The summed E-state index contributed by atoms with van der Waals surface area (Å²) in [4.78, 5) is 14.9. The molecule has 158 valence electrons. The third-order valence-corrected chi connectivity index (χ3v) is 5.17. The number of aliphatic imine (C=N–C) groups is 1. The lowest BCUT2D eigenvalue weighted by atomic mass is 10.2. The van der Waals surface area contributed by atoms with Gasteiger partial charge >= 0.3 is 0 Å². The van der Waals surface area contributed by atoms with Crippen LogP contribution in [-0.4, -0.2) is 51.9 Å². The Morgan fingerprint density at radius 2 is 2.10 bits per heavy atom. The smallest absolute Gasteiger partial charge is 0.191 e. The van der Waals surface area contributed by atoms with Crippen molar-refractivity contribution < 1.29 is 0 Å². The topological polar surface area (TPSA) is 83.3 Å². The monoisotopic (exact) mass is 538 g/mol. The maximum Gasteiger partial charge on any atom is 0.191 e. The first kappa shape index (κ1) is 22.3. The second-order valence-corrected chi connectivity index (χ2v) is 7.22. The van der Waals surface area contributed by atoms with Gasteiger partial charge in [0.25, 0.3) is 0 Å². The molecule has 1 unspecified atom stereocenters. The molecule has 3 aromatic rings. The van der Waals surface area contributed by atoms with Crippen molar-refractivity contribution in [3.8, 4) is 5.69 Å². The van der Waals surface area contributed by atoms with Crippen LogP contribution in [0.1, 0.15) is 12.0 Å². The number of hydrogen-bond donors (Lipinski definition) is 2. The minimum Gasteiger partial charge on any atom is -0.353 e. The first-order chi connectivity index (χ1) is 14.2. The number of pyridine rings is 1. The lowest BCUT2D eigenvalue weighted by Crippen LogP contribution is -2.44. The van der Waals surface area contributed by atoms with Gasteiger partial charge in [-0.3, -0.25) is 4.99 Å². The van der Waals surface area contributed by atoms with E-state index < -0.39 is 0 Å². The van der Waals surface area contributed by atoms with Crippen molar-refractivity contribution in [2.24, 2.45) is 4.99 Å². The summed E-state index contributed by atoms with van der Waals surface area (Å²) in [6.07, 6.45) is 5.98. The van der Waals surface area contributed by atoms with Gasteiger partial charge in [0.2, 0.25) is 0 Å². The van der Waals surface area contributed by atoms with Crippen molar-refractivity contribution in [3.63, 3.8) is 0 Å². The Kier molecular flexibility index (Phi) is 7.86. The predicted molar refractivity (Wildman–Crippen MR) is 130 cm³/mol. The number of nitrogens with zero attached hydrogens (tertiary/aromatic N) is 6. The summed E-state index contributed by atoms with van der Waals surface area (Å²) in [5.74, 6) is 1.62. The molecule has 0 bridgehead atoms. The number of hydrogen-bond acceptors (Lipinski definition) is 5. The van der Waals surface area contributed by atoms with Gasteiger partial charge in [-0.1, -0.05) is 23.7 Å². The SMILES string of the molecule is CN=C(NCc1ccc(-n2cncn2)cc1)NC1CCN(c2ncccc2Cl)C1.I. The van der Waals surface area contributed by atoms with E-state index in [1.54, 1.807) is 24.3 Å². The second kappa shape index (κ2) is 10.6. The van der Waals surface area contributed by atoms with E-state index in [-0.39, 0.29) is 30.0 Å². The summed E-state index contributed by atoms with van der Waals surface area (Å²) in [5, 5.41) is 11.7. The Morgan fingerprint density at radius 1 is 1.27 bits per heavy atom. The van der Waals surface area contributed by atoms with Crippen LogP contribution in [0.25, 0.3) is 5.69 Å². The van der Waals surface area contributed by atoms with E-state index in [4.69, 9.17) is 11.6 Å². The zero-order valence-corrected chi connectivity index (χ0v) is 19.7. The van der Waals surface area contributed by atoms with Crippen molar-refractivity contribution in [3.05, 3.63) is 65.8 Å². The molecule has 3 heterocycles. The van der Waals surface area contributed by atoms with Crippen LogP contribution in [0.15, 0.2) is 60.2 Å². The first-order valence-corrected chi connectivity index (χ1v) is 9.87. The molecule has 2 aromatic heterocycles. The summed E-state index contributed by atoms with van der Waals surface area (Å²) in [7, 11) is 1.78. The van der Waals surface area contributed by atoms with Crippen molar-refractivity contribution in [2.75, 3.05) is 25.0 Å². The van der Waals surface area contributed by atoms with Gasteiger partial charge in [-0.25, -0.2) is 14.6 Å². The molecular formula is C20H24ClIN8. The maximum absolute atomic E-state index is 6.28. The highest BCUT2D eigenvalue weighted by atomic mass is 127. The molecule has 0 amide bonds. The van der Waals surface area contributed by atoms with E-state index in [2.05, 4.69) is 47.7 Å². The summed E-state index contributed by atoms with van der Waals surface area (Å²) in [6.45, 7) is 2.43. The van der Waals surface area contributed by atoms with Gasteiger partial charge in [0.1, 0.15) is 18.5 Å². The van der Waals surface area contributed by atoms with Crippen molar-refractivity contribution in [2.45, 2.75) is 19.0 Å². The Bertz CT molecular complexity index is 961. The fourth-order valence-corrected chi connectivity index (χ4v) is 3.60. The van der Waals surface area contributed by atoms with Gasteiger partial charge in [-0.15, -0.1) is 24.0 Å². The van der Waals surface area contributed by atoms with Gasteiger partial charge in [0, 0.05) is 38.9 Å². The number of rotatable bonds is 5. The number of nitrogens with one attached hydrogen (secondary N) is 2. The molecule has 1 atom stereocenters. The Hall–Kier alpha value is -2.40. The molecule has 30 heavy (non-hydrogen) atoms. The minimum atomic E-state index is 0. The lowest BCUT2D eigenvalue weighted by Gasteiger charge is -2.20. The van der Waals surface area contributed by atoms with Crippen LogP contribution >= 0.6 is 35.6 Å². The van der Waals surface area contributed by atoms with Crippen LogP contribution in [0, 0.1) is 0 Å². The average Bonchev–Trinajstić information content (AvgIpc) is 3.44. The van der Waals surface area contributed by atoms with E-state index in [1.807, 2.05) is 24.3 Å². The number of guanidine groups is 1. The average molecular weight is 539 g/mol. The van der Waals surface area contributed by atoms with Gasteiger partial charge < -0.3 is 15.5 Å². The molecule has 0 saturated carbocycles. The normalized spacial score (nSPS) is 16.3. The van der Waals surface area contributed by atoms with Crippen LogP contribution in [0.5, 0.6) is 0 Å². The quantitative estimate of drug-likeness (QED) is 0.295. The van der Waals surface area contributed by atoms with Crippen molar-refractivity contribution in [1.82, 2.24) is 30.4 Å². The molecule has 2 N–H and O–H groups in total. The second-order valence-electron chi connectivity index (χ2n) is 6.82. The molecule has 4 rings (SSSR count). The fourth-order valence-electron chi connectivity index (χ4n) is 3.36. The minimum absolute atomic E-state index is 0. The number of benzene rings is 1. The molecule has 0 aliphatic carbocycles. The molecule has 0 spiro atoms. The molecule has 8 nitrogen and oxygen atoms in total. The third-order valence-electron chi connectivity index (χ3n) is 4.87. The molecule has 1 aliphatic rings. The molecule has 1 aromatic carbocycles. The van der Waals surface area contributed by atoms with E-state index in [9.17, 15) is 0 Å². The number of halogens is 2. The fraction of sp³-hybridized carbons (Fsp3) is 0.300. The van der Waals surface area contributed by atoms with Crippen LogP contribution in [0.3, 0.4) is 0 Å². The molecule has 1 aliphatic heterocycles. The highest BCUT2D eigenvalue weighted by Crippen LogP contribution is 2.25. The summed E-state index contributed by atoms with van der Waals surface area (Å²) < 4.78 is 1.73. The van der Waals surface area contributed by atoms with Gasteiger partial charge in [-0.2, -0.15) is 5.10 Å². The molecule has 1 fully saturated rings. The van der Waals surface area contributed by atoms with Gasteiger partial charge in [0.05, 0.1) is 10.7 Å². The molecule has 10 heteroatoms. The van der Waals surface area contributed by atoms with Gasteiger partial charge in [-0.05, 0) is 36.2 Å². The zero-order chi connectivity index (χ0) is 20.1. The van der Waals surface area contributed by atoms with E-state index >= 15 is 0 Å². The largest absolute Gasteiger partial charge is 0.353 e. The number of anilines is 1. The molecular weight excluding hydrogens is 515 g/mol. The van der Waals surface area contributed by atoms with Crippen LogP contribution in [0.4, 0.5) is 5.82 Å². The van der Waals surface area contributed by atoms with Gasteiger partial charge in [0.15, 0.2) is 5.96 Å². The Labute approximate surface area is 197 Å². The highest BCUT2D eigenvalue weighted by molar-refractivity contribution is 14.0. The van der Waals surface area contributed by atoms with E-state index in [0.29, 0.717) is 11.6 Å². The lowest BCUT2D eigenvalue weighted by molar-refractivity contribution is 0.648. The predicted octanol–water partition coefficient (Wildman–Crippen LogP) is 2.88. The van der Waals surface area contributed by atoms with E-state index in [0.717, 1.165) is 42.5 Å².